The van der Waals surface area contributed by atoms with Gasteiger partial charge in [-0.15, -0.1) is 0 Å². The van der Waals surface area contributed by atoms with Crippen molar-refractivity contribution in [3.8, 4) is 63.5 Å². The lowest BCUT2D eigenvalue weighted by Gasteiger charge is -2.18. The third-order valence-electron chi connectivity index (χ3n) is 10.8. The van der Waals surface area contributed by atoms with Crippen LogP contribution in [0.1, 0.15) is 16.7 Å². The first kappa shape index (κ1) is 35.1. The first-order valence-electron chi connectivity index (χ1n) is 18.8. The van der Waals surface area contributed by atoms with Crippen LogP contribution in [0, 0.1) is 47.1 Å². The minimum absolute atomic E-state index is 0.330. The summed E-state index contributed by atoms with van der Waals surface area (Å²) in [6.45, 7) is 15.6. The molecule has 9 nitrogen and oxygen atoms in total. The molecule has 0 bridgehead atoms. The lowest BCUT2D eigenvalue weighted by molar-refractivity contribution is 1.11. The summed E-state index contributed by atoms with van der Waals surface area (Å²) in [6, 6.07) is 54.4. The van der Waals surface area contributed by atoms with Crippen LogP contribution < -0.4 is 0 Å². The van der Waals surface area contributed by atoms with Crippen molar-refractivity contribution in [2.45, 2.75) is 0 Å². The lowest BCUT2D eigenvalue weighted by Crippen LogP contribution is -2.06. The Labute approximate surface area is 343 Å². The van der Waals surface area contributed by atoms with E-state index in [-0.39, 0.29) is 0 Å². The van der Waals surface area contributed by atoms with Crippen molar-refractivity contribution in [3.63, 3.8) is 0 Å². The molecule has 0 saturated carbocycles. The zero-order valence-corrected chi connectivity index (χ0v) is 31.5. The summed E-state index contributed by atoms with van der Waals surface area (Å²) in [6.07, 6.45) is 0. The van der Waals surface area contributed by atoms with Crippen molar-refractivity contribution in [3.05, 3.63) is 191 Å². The van der Waals surface area contributed by atoms with Crippen LogP contribution in [0.5, 0.6) is 0 Å². The van der Waals surface area contributed by atoms with Crippen molar-refractivity contribution in [1.82, 2.24) is 19.1 Å². The van der Waals surface area contributed by atoms with E-state index >= 15 is 0 Å². The minimum atomic E-state index is 0.330. The number of benzene rings is 7. The second-order valence-corrected chi connectivity index (χ2v) is 14.2. The first-order valence-corrected chi connectivity index (χ1v) is 18.8. The normalized spacial score (nSPS) is 10.9. The molecule has 0 N–H and O–H groups in total. The molecule has 0 amide bonds. The molecular formula is C51H25N9. The summed E-state index contributed by atoms with van der Waals surface area (Å²) in [4.78, 5) is 17.8. The molecule has 0 fully saturated rings. The summed E-state index contributed by atoms with van der Waals surface area (Å²) in [5, 5.41) is 34.3. The Morgan fingerprint density at radius 1 is 0.433 bits per heavy atom. The maximum atomic E-state index is 11.4. The van der Waals surface area contributed by atoms with Crippen molar-refractivity contribution in [1.29, 1.82) is 15.8 Å². The van der Waals surface area contributed by atoms with E-state index in [9.17, 15) is 15.8 Å². The van der Waals surface area contributed by atoms with Gasteiger partial charge >= 0.3 is 0 Å². The molecular weight excluding hydrogens is 739 g/mol. The second-order valence-electron chi connectivity index (χ2n) is 14.2. The fourth-order valence-electron chi connectivity index (χ4n) is 8.12. The Morgan fingerprint density at radius 2 is 0.850 bits per heavy atom. The predicted octanol–water partition coefficient (Wildman–Crippen LogP) is 12.4. The van der Waals surface area contributed by atoms with E-state index in [0.29, 0.717) is 62.2 Å². The molecule has 0 saturated heterocycles. The number of hydrogen-bond donors (Lipinski definition) is 0. The molecule has 0 unspecified atom stereocenters. The van der Waals surface area contributed by atoms with Crippen LogP contribution in [0.15, 0.2) is 152 Å². The van der Waals surface area contributed by atoms with Crippen molar-refractivity contribution >= 4 is 55.0 Å². The van der Waals surface area contributed by atoms with E-state index in [1.54, 1.807) is 24.3 Å². The Balaban J connectivity index is 1.37. The summed E-state index contributed by atoms with van der Waals surface area (Å²) >= 11 is 0. The largest absolute Gasteiger partial charge is 0.308 e. The standard InChI is InChI=1S/C51H25N9/c1-55-36-15-19-47-40(25-36)41-26-37(56-2)16-20-48(41)60(47)50-24-35(51-57-43(33-9-5-3-6-10-33)27-44(58-51)34-11-7-4-8-12-34)23-49(42(50)30-54)59-45-17-13-31(28-52)21-38(45)39-22-32(29-53)14-18-46(39)59/h3-27H. The molecule has 7 aromatic carbocycles. The van der Waals surface area contributed by atoms with Crippen LogP contribution in [-0.2, 0) is 0 Å². The molecule has 0 spiro atoms. The minimum Gasteiger partial charge on any atom is -0.308 e. The maximum absolute atomic E-state index is 11.4. The Kier molecular flexibility index (Phi) is 8.19. The zero-order valence-electron chi connectivity index (χ0n) is 31.5. The van der Waals surface area contributed by atoms with Gasteiger partial charge in [-0.2, -0.15) is 15.8 Å². The average Bonchev–Trinajstić information content (AvgIpc) is 3.82. The van der Waals surface area contributed by atoms with Gasteiger partial charge in [0.1, 0.15) is 11.6 Å². The Bertz CT molecular complexity index is 3280. The molecule has 0 aliphatic heterocycles. The third-order valence-corrected chi connectivity index (χ3v) is 10.8. The van der Waals surface area contributed by atoms with Gasteiger partial charge in [0.25, 0.3) is 0 Å². The van der Waals surface area contributed by atoms with Crippen LogP contribution in [0.25, 0.3) is 98.6 Å². The second kappa shape index (κ2) is 14.0. The number of aromatic nitrogens is 4. The fourth-order valence-corrected chi connectivity index (χ4v) is 8.12. The van der Waals surface area contributed by atoms with E-state index in [4.69, 9.17) is 23.1 Å². The summed E-state index contributed by atoms with van der Waals surface area (Å²) in [7, 11) is 0. The van der Waals surface area contributed by atoms with Crippen molar-refractivity contribution in [2.24, 2.45) is 0 Å². The number of hydrogen-bond acceptors (Lipinski definition) is 5. The van der Waals surface area contributed by atoms with E-state index in [1.807, 2.05) is 137 Å². The Morgan fingerprint density at radius 3 is 1.25 bits per heavy atom. The van der Waals surface area contributed by atoms with Crippen LogP contribution in [0.2, 0.25) is 0 Å². The number of nitriles is 3. The number of fused-ring (bicyclic) bond motifs is 6. The molecule has 60 heavy (non-hydrogen) atoms. The van der Waals surface area contributed by atoms with Crippen LogP contribution in [-0.4, -0.2) is 19.1 Å². The van der Waals surface area contributed by atoms with E-state index in [0.717, 1.165) is 54.7 Å². The smallest absolute Gasteiger partial charge is 0.188 e. The highest BCUT2D eigenvalue weighted by atomic mass is 15.0. The van der Waals surface area contributed by atoms with Gasteiger partial charge in [-0.05, 0) is 89.6 Å². The maximum Gasteiger partial charge on any atom is 0.188 e. The molecule has 3 heterocycles. The number of rotatable bonds is 5. The molecule has 0 aliphatic rings. The monoisotopic (exact) mass is 763 g/mol. The van der Waals surface area contributed by atoms with Crippen LogP contribution in [0.4, 0.5) is 11.4 Å². The van der Waals surface area contributed by atoms with Crippen molar-refractivity contribution < 1.29 is 0 Å². The van der Waals surface area contributed by atoms with E-state index in [1.165, 1.54) is 0 Å². The molecule has 274 valence electrons. The molecule has 0 radical (unpaired) electrons. The molecule has 3 aromatic heterocycles. The van der Waals surface area contributed by atoms with Gasteiger partial charge in [0.05, 0.1) is 81.2 Å². The lowest BCUT2D eigenvalue weighted by atomic mass is 10.0. The molecule has 0 aliphatic carbocycles. The van der Waals surface area contributed by atoms with Gasteiger partial charge < -0.3 is 9.13 Å². The predicted molar refractivity (Wildman–Crippen MR) is 234 cm³/mol. The molecule has 10 aromatic rings. The molecule has 9 heteroatoms. The van der Waals surface area contributed by atoms with Gasteiger partial charge in [-0.25, -0.2) is 19.7 Å². The molecule has 0 atom stereocenters. The van der Waals surface area contributed by atoms with Gasteiger partial charge in [0.2, 0.25) is 0 Å². The van der Waals surface area contributed by atoms with Crippen LogP contribution >= 0.6 is 0 Å². The topological polar surface area (TPSA) is 116 Å². The quantitative estimate of drug-likeness (QED) is 0.162. The SMILES string of the molecule is [C-]#[N+]c1ccc2c(c1)c1cc([N+]#[C-])ccc1n2-c1cc(-c2nc(-c3ccccc3)cc(-c3ccccc3)n2)cc(-n2c3ccc(C#N)cc3c3cc(C#N)ccc32)c1C#N. The van der Waals surface area contributed by atoms with Crippen LogP contribution in [0.3, 0.4) is 0 Å². The fraction of sp³-hybridized carbons (Fsp3) is 0. The first-order chi connectivity index (χ1) is 29.5. The third kappa shape index (κ3) is 5.59. The highest BCUT2D eigenvalue weighted by Gasteiger charge is 2.24. The van der Waals surface area contributed by atoms with E-state index in [2.05, 4.69) is 27.9 Å². The van der Waals surface area contributed by atoms with Gasteiger partial charge in [0, 0.05) is 27.5 Å². The van der Waals surface area contributed by atoms with Gasteiger partial charge in [-0.1, -0.05) is 72.8 Å². The summed E-state index contributed by atoms with van der Waals surface area (Å²) in [5.41, 5.74) is 10.0. The highest BCUT2D eigenvalue weighted by molar-refractivity contribution is 6.13. The highest BCUT2D eigenvalue weighted by Crippen LogP contribution is 2.42. The zero-order chi connectivity index (χ0) is 40.9. The summed E-state index contributed by atoms with van der Waals surface area (Å²) in [5.74, 6) is 0.424. The van der Waals surface area contributed by atoms with Gasteiger partial charge in [0.15, 0.2) is 17.2 Å². The Hall–Kier alpha value is -9.33. The average molecular weight is 764 g/mol. The van der Waals surface area contributed by atoms with Crippen molar-refractivity contribution in [2.75, 3.05) is 0 Å². The van der Waals surface area contributed by atoms with E-state index < -0.39 is 0 Å². The van der Waals surface area contributed by atoms with Gasteiger partial charge in [-0.3, -0.25) is 0 Å². The number of nitrogens with zero attached hydrogens (tertiary/aromatic N) is 9. The molecule has 10 rings (SSSR count). The summed E-state index contributed by atoms with van der Waals surface area (Å²) < 4.78 is 4.01.